The number of allylic oxidation sites excluding steroid dienone is 4. The molecule has 108 valence electrons. The van der Waals surface area contributed by atoms with E-state index >= 15 is 0 Å². The number of hydrogen-bond donors (Lipinski definition) is 0. The highest BCUT2D eigenvalue weighted by Gasteiger charge is 2.51. The third-order valence-corrected chi connectivity index (χ3v) is 7.02. The first kappa shape index (κ1) is 12.9. The largest absolute Gasteiger partial charge is 0.295 e. The molecule has 0 radical (unpaired) electrons. The van der Waals surface area contributed by atoms with E-state index < -0.39 is 0 Å². The van der Waals surface area contributed by atoms with E-state index in [9.17, 15) is 4.79 Å². The molecule has 0 aromatic rings. The highest BCUT2D eigenvalue weighted by Crippen LogP contribution is 2.60. The maximum Gasteiger partial charge on any atom is 0.158 e. The molecule has 0 aliphatic heterocycles. The Morgan fingerprint density at radius 2 is 2.10 bits per heavy atom. The highest BCUT2D eigenvalue weighted by molar-refractivity contribution is 5.93. The summed E-state index contributed by atoms with van der Waals surface area (Å²) in [5.41, 5.74) is 1.96. The fourth-order valence-electron chi connectivity index (χ4n) is 5.82. The Labute approximate surface area is 122 Å². The maximum atomic E-state index is 11.9. The average molecular weight is 270 g/mol. The van der Waals surface area contributed by atoms with Gasteiger partial charge in [0.1, 0.15) is 0 Å². The molecule has 1 unspecified atom stereocenters. The fourth-order valence-corrected chi connectivity index (χ4v) is 5.82. The smallest absolute Gasteiger partial charge is 0.158 e. The third kappa shape index (κ3) is 1.71. The lowest BCUT2D eigenvalue weighted by molar-refractivity contribution is -0.119. The van der Waals surface area contributed by atoms with Crippen LogP contribution in [0.1, 0.15) is 52.4 Å². The van der Waals surface area contributed by atoms with Crippen LogP contribution in [0.4, 0.5) is 0 Å². The summed E-state index contributed by atoms with van der Waals surface area (Å²) >= 11 is 0. The van der Waals surface area contributed by atoms with Gasteiger partial charge in [0.25, 0.3) is 0 Å². The summed E-state index contributed by atoms with van der Waals surface area (Å²) in [6, 6.07) is 0. The minimum Gasteiger partial charge on any atom is -0.295 e. The minimum atomic E-state index is 0.243. The van der Waals surface area contributed by atoms with Crippen LogP contribution in [0.3, 0.4) is 0 Å². The van der Waals surface area contributed by atoms with Crippen LogP contribution in [0, 0.1) is 35.0 Å². The first-order chi connectivity index (χ1) is 9.58. The van der Waals surface area contributed by atoms with E-state index in [4.69, 9.17) is 0 Å². The molecule has 0 saturated heterocycles. The van der Waals surface area contributed by atoms with Crippen molar-refractivity contribution in [1.82, 2.24) is 0 Å². The average Bonchev–Trinajstić information content (AvgIpc) is 2.82. The van der Waals surface area contributed by atoms with Gasteiger partial charge in [-0.25, -0.2) is 0 Å². The van der Waals surface area contributed by atoms with Gasteiger partial charge in [-0.05, 0) is 72.8 Å². The molecule has 1 nitrogen and oxygen atoms in total. The van der Waals surface area contributed by atoms with Gasteiger partial charge < -0.3 is 0 Å². The lowest BCUT2D eigenvalue weighted by Gasteiger charge is -2.51. The molecule has 0 bridgehead atoms. The van der Waals surface area contributed by atoms with Crippen LogP contribution in [0.15, 0.2) is 23.8 Å². The fraction of sp³-hybridized carbons (Fsp3) is 0.737. The number of rotatable bonds is 0. The van der Waals surface area contributed by atoms with Crippen molar-refractivity contribution in [3.63, 3.8) is 0 Å². The second kappa shape index (κ2) is 4.32. The van der Waals surface area contributed by atoms with Crippen LogP contribution < -0.4 is 0 Å². The van der Waals surface area contributed by atoms with E-state index in [-0.39, 0.29) is 5.92 Å². The molecule has 2 fully saturated rings. The van der Waals surface area contributed by atoms with Crippen molar-refractivity contribution in [2.75, 3.05) is 0 Å². The molecule has 0 spiro atoms. The standard InChI is InChI=1S/C19H26O/c1-12-10-16-13(11-18(12)20)5-6-15-14(16)7-9-19(2)8-3-4-17(15)19/h5-6,11-12,14-17H,3-4,7-10H2,1-2H3/t12?,14-,15+,16-,17-,19-/m0/s1. The van der Waals surface area contributed by atoms with Crippen LogP contribution in [-0.2, 0) is 4.79 Å². The second-order valence-corrected chi connectivity index (χ2v) is 8.08. The van der Waals surface area contributed by atoms with Crippen LogP contribution in [-0.4, -0.2) is 5.78 Å². The molecule has 0 N–H and O–H groups in total. The molecule has 0 amide bonds. The Hall–Kier alpha value is -0.850. The highest BCUT2D eigenvalue weighted by atomic mass is 16.1. The number of hydrogen-bond acceptors (Lipinski definition) is 1. The van der Waals surface area contributed by atoms with E-state index in [1.807, 2.05) is 6.08 Å². The topological polar surface area (TPSA) is 17.1 Å². The van der Waals surface area contributed by atoms with Gasteiger partial charge in [-0.15, -0.1) is 0 Å². The summed E-state index contributed by atoms with van der Waals surface area (Å²) in [6.07, 6.45) is 14.9. The van der Waals surface area contributed by atoms with E-state index in [1.54, 1.807) is 0 Å². The van der Waals surface area contributed by atoms with E-state index in [2.05, 4.69) is 26.0 Å². The minimum absolute atomic E-state index is 0.243. The number of ketones is 1. The van der Waals surface area contributed by atoms with E-state index in [0.717, 1.165) is 24.2 Å². The summed E-state index contributed by atoms with van der Waals surface area (Å²) in [7, 11) is 0. The monoisotopic (exact) mass is 270 g/mol. The van der Waals surface area contributed by atoms with Crippen molar-refractivity contribution in [2.24, 2.45) is 35.0 Å². The number of carbonyl (C=O) groups excluding carboxylic acids is 1. The van der Waals surface area contributed by atoms with Gasteiger partial charge in [0.2, 0.25) is 0 Å². The normalized spacial score (nSPS) is 50.2. The van der Waals surface area contributed by atoms with E-state index in [0.29, 0.717) is 17.1 Å². The summed E-state index contributed by atoms with van der Waals surface area (Å²) in [4.78, 5) is 11.9. The SMILES string of the molecule is CC1C[C@H]2C(=CC1=O)C=C[C@@H]1[C@@H]2CC[C@]2(C)CCC[C@@H]12. The van der Waals surface area contributed by atoms with Crippen LogP contribution in [0.25, 0.3) is 0 Å². The van der Waals surface area contributed by atoms with Gasteiger partial charge in [-0.2, -0.15) is 0 Å². The van der Waals surface area contributed by atoms with Gasteiger partial charge in [-0.3, -0.25) is 4.79 Å². The van der Waals surface area contributed by atoms with Gasteiger partial charge in [0, 0.05) is 5.92 Å². The van der Waals surface area contributed by atoms with Gasteiger partial charge >= 0.3 is 0 Å². The van der Waals surface area contributed by atoms with Crippen LogP contribution in [0.2, 0.25) is 0 Å². The third-order valence-electron chi connectivity index (χ3n) is 7.02. The molecule has 1 heteroatoms. The van der Waals surface area contributed by atoms with E-state index in [1.165, 1.54) is 37.7 Å². The number of carbonyl (C=O) groups is 1. The molecule has 4 rings (SSSR count). The van der Waals surface area contributed by atoms with Gasteiger partial charge in [0.15, 0.2) is 5.78 Å². The van der Waals surface area contributed by atoms with Crippen molar-refractivity contribution < 1.29 is 4.79 Å². The Balaban J connectivity index is 1.70. The molecule has 0 aromatic heterocycles. The molecular formula is C19H26O. The van der Waals surface area contributed by atoms with Crippen LogP contribution >= 0.6 is 0 Å². The van der Waals surface area contributed by atoms with Crippen molar-refractivity contribution in [1.29, 1.82) is 0 Å². The summed E-state index contributed by atoms with van der Waals surface area (Å²) in [5, 5.41) is 0. The molecule has 2 saturated carbocycles. The van der Waals surface area contributed by atoms with Gasteiger partial charge in [-0.1, -0.05) is 32.4 Å². The molecule has 0 aromatic carbocycles. The lowest BCUT2D eigenvalue weighted by Crippen LogP contribution is -2.43. The molecule has 20 heavy (non-hydrogen) atoms. The molecule has 0 heterocycles. The Bertz CT molecular complexity index is 500. The van der Waals surface area contributed by atoms with Crippen molar-refractivity contribution in [2.45, 2.75) is 52.4 Å². The zero-order valence-electron chi connectivity index (χ0n) is 12.8. The van der Waals surface area contributed by atoms with Crippen molar-refractivity contribution in [3.05, 3.63) is 23.8 Å². The Morgan fingerprint density at radius 1 is 1.25 bits per heavy atom. The van der Waals surface area contributed by atoms with Crippen molar-refractivity contribution in [3.8, 4) is 0 Å². The predicted octanol–water partition coefficient (Wildman–Crippen LogP) is 4.54. The second-order valence-electron chi connectivity index (χ2n) is 8.08. The number of fused-ring (bicyclic) bond motifs is 5. The summed E-state index contributed by atoms with van der Waals surface area (Å²) in [6.45, 7) is 4.65. The summed E-state index contributed by atoms with van der Waals surface area (Å²) < 4.78 is 0. The van der Waals surface area contributed by atoms with Gasteiger partial charge in [0.05, 0.1) is 0 Å². The first-order valence-corrected chi connectivity index (χ1v) is 8.52. The summed E-state index contributed by atoms with van der Waals surface area (Å²) in [5.74, 6) is 3.78. The zero-order valence-corrected chi connectivity index (χ0v) is 12.8. The molecule has 4 aliphatic carbocycles. The molecule has 4 aliphatic rings. The molecule has 6 atom stereocenters. The Morgan fingerprint density at radius 3 is 2.95 bits per heavy atom. The lowest BCUT2D eigenvalue weighted by atomic mass is 9.54. The maximum absolute atomic E-state index is 11.9. The zero-order chi connectivity index (χ0) is 13.9. The first-order valence-electron chi connectivity index (χ1n) is 8.52. The Kier molecular flexibility index (Phi) is 2.78. The van der Waals surface area contributed by atoms with Crippen molar-refractivity contribution >= 4 is 5.78 Å². The quantitative estimate of drug-likeness (QED) is 0.631. The van der Waals surface area contributed by atoms with Crippen LogP contribution in [0.5, 0.6) is 0 Å². The molecular weight excluding hydrogens is 244 g/mol. The predicted molar refractivity (Wildman–Crippen MR) is 81.2 cm³/mol.